The van der Waals surface area contributed by atoms with Crippen LogP contribution in [0.1, 0.15) is 146 Å². The molecule has 16 amide bonds. The third-order valence-corrected chi connectivity index (χ3v) is 25.8. The van der Waals surface area contributed by atoms with Crippen LogP contribution in [-0.2, 0) is 123 Å². The monoisotopic (exact) mass is 1960 g/mol. The SMILES string of the molecule is [B]NCCCC[C@H](NC(=O)[C@H](CCCC)N(C)C(=O)[C@H](CCCC)N(C)C(=O)[C@H](Cc1cn(CC(=O)O)c2ccccc12)NC(=O)[C@H](CO)NC(=O)[C@H](Cc1c[nH]c2ccccc12)NC)C(=O)N[C@@H](CSCC(=O)N[C@@H](Cc1ccc(O)cc1)C(=O)N(C)[C@@H](C)C(=O)N[C@@H](CC(N)=O)C(=O)N1CCC[C@H]1C(=O)N[C@@H](Cc1cnc[nH]1)C(=O)N[C@@H](CCC(=O)O)C(=O)N1CCC[C@H]1C=O)C(=O)NCC(N)=O. The maximum absolute atomic E-state index is 15.6. The lowest BCUT2D eigenvalue weighted by Crippen LogP contribution is -2.61. The number of aromatic hydroxyl groups is 1. The summed E-state index contributed by atoms with van der Waals surface area (Å²) in [5.74, 6) is -18.0. The molecule has 45 nitrogen and oxygen atoms in total. The molecule has 2 aliphatic heterocycles. The van der Waals surface area contributed by atoms with Gasteiger partial charge in [0.05, 0.1) is 43.7 Å². The van der Waals surface area contributed by atoms with Gasteiger partial charge in [-0.3, -0.25) is 86.3 Å². The van der Waals surface area contributed by atoms with Crippen LogP contribution >= 0.6 is 11.8 Å². The Balaban J connectivity index is 0.971. The maximum atomic E-state index is 15.6. The summed E-state index contributed by atoms with van der Waals surface area (Å²) in [6.07, 6.45) is 7.21. The fraction of sp³-hybridized carbons (Fsp3) is 0.527. The second kappa shape index (κ2) is 55.1. The minimum absolute atomic E-state index is 0.00107. The highest BCUT2D eigenvalue weighted by Crippen LogP contribution is 2.28. The van der Waals surface area contributed by atoms with Gasteiger partial charge in [0.1, 0.15) is 91.1 Å². The number of benzene rings is 3. The van der Waals surface area contributed by atoms with Crippen molar-refractivity contribution >= 4 is 154 Å². The number of aliphatic carboxylic acids is 2. The molecule has 47 heteroatoms. The number of para-hydroxylation sites is 2. The Morgan fingerprint density at radius 3 is 1.82 bits per heavy atom. The third kappa shape index (κ3) is 32.1. The largest absolute Gasteiger partial charge is 0.508 e. The Morgan fingerprint density at radius 1 is 0.579 bits per heavy atom. The average Bonchev–Trinajstić information content (AvgIpc) is 1.64. The van der Waals surface area contributed by atoms with Gasteiger partial charge in [0.25, 0.3) is 0 Å². The quantitative estimate of drug-likeness (QED) is 0.0105. The lowest BCUT2D eigenvalue weighted by atomic mass is 10.00. The van der Waals surface area contributed by atoms with Crippen LogP contribution in [-0.4, -0.2) is 342 Å². The normalized spacial score (nSPS) is 16.0. The van der Waals surface area contributed by atoms with Crippen molar-refractivity contribution in [1.29, 1.82) is 0 Å². The van der Waals surface area contributed by atoms with Crippen LogP contribution in [0, 0.1) is 0 Å². The Kier molecular flexibility index (Phi) is 43.9. The molecule has 3 aromatic carbocycles. The number of aldehydes is 1. The minimum atomic E-state index is -1.77. The zero-order chi connectivity index (χ0) is 103. The molecule has 0 bridgehead atoms. The summed E-state index contributed by atoms with van der Waals surface area (Å²) in [6, 6.07) is -0.167. The number of imidazole rings is 1. The fourth-order valence-corrected chi connectivity index (χ4v) is 17.7. The van der Waals surface area contributed by atoms with E-state index in [-0.39, 0.29) is 96.0 Å². The van der Waals surface area contributed by atoms with Gasteiger partial charge < -0.3 is 134 Å². The number of carboxylic acid groups (broad SMARTS) is 2. The lowest BCUT2D eigenvalue weighted by Gasteiger charge is -2.36. The number of amides is 16. The van der Waals surface area contributed by atoms with Gasteiger partial charge in [-0.1, -0.05) is 88.1 Å². The Hall–Kier alpha value is -13.8. The standard InChI is InChI=1S/C93H129BN22O23S/c1-8-10-25-73(112(6)93(139)75(26-11-9-2)113(7)90(136)68(40-56-46-114(47-80(125)126)72-27-15-13-22-61(56)72)108-86(132)70(49-118)109-84(130)65(97-4)39-55-43-99-62-23-14-12-21-60(55)62)87(133)104-63(24-16-17-35-102-94)83(129)110-71(82(128)100-45-77(96)121)50-140-51-78(122)103-67(38-54-29-31-59(119)32-30-54)89(135)111(5)53(3)81(127)107-69(42-76(95)120)92(138)116-37-19-28-74(116)88(134)106-66(41-57-44-98-52-101-57)85(131)105-64(33-34-79(123)124)91(137)115-36-18-20-58(115)48-117/h12-15,21-23,27,29-32,43-44,46,48,52-53,58,63-71,73-75,97,99,102,118-119H,8-11,16-20,24-26,28,33-42,45,47,49-51H2,1-7H3,(H2,95,120)(H2,96,121)(H,98,101)(H,100,128)(H,103,122)(H,104,133)(H,105,131)(H,106,134)(H,107,127)(H,108,132)(H,109,130)(H,110,129)(H,123,124)(H,125,126)/t53-,58-,63-,64-,65-,66-,67-,68-,69-,70-,71-,73-,74-,75-/m0/s1. The van der Waals surface area contributed by atoms with Gasteiger partial charge in [0.2, 0.25) is 94.5 Å². The summed E-state index contributed by atoms with van der Waals surface area (Å²) in [7, 11) is 11.1. The number of nitrogens with zero attached hydrogens (tertiary/aromatic N) is 7. The number of unbranched alkanes of at least 4 members (excludes halogenated alkanes) is 3. The molecule has 0 unspecified atom stereocenters. The van der Waals surface area contributed by atoms with E-state index in [1.807, 2.05) is 38.1 Å². The maximum Gasteiger partial charge on any atom is 0.323 e. The van der Waals surface area contributed by atoms with E-state index in [0.717, 1.165) is 47.8 Å². The topological polar surface area (TPSA) is 655 Å². The fourth-order valence-electron chi connectivity index (χ4n) is 16.9. The molecule has 3 aromatic heterocycles. The van der Waals surface area contributed by atoms with E-state index >= 15 is 14.4 Å². The highest BCUT2D eigenvalue weighted by atomic mass is 32.2. The van der Waals surface area contributed by atoms with Gasteiger partial charge >= 0.3 is 11.9 Å². The van der Waals surface area contributed by atoms with Gasteiger partial charge in [0, 0.05) is 112 Å². The van der Waals surface area contributed by atoms with Crippen molar-refractivity contribution in [1.82, 2.24) is 102 Å². The zero-order valence-corrected chi connectivity index (χ0v) is 80.3. The van der Waals surface area contributed by atoms with E-state index in [9.17, 15) is 97.1 Å². The summed E-state index contributed by atoms with van der Waals surface area (Å²) in [4.78, 5) is 281. The highest BCUT2D eigenvalue weighted by Gasteiger charge is 2.45. The van der Waals surface area contributed by atoms with E-state index < -0.39 is 235 Å². The molecule has 0 saturated carbocycles. The van der Waals surface area contributed by atoms with Gasteiger partial charge in [-0.25, -0.2) is 4.98 Å². The summed E-state index contributed by atoms with van der Waals surface area (Å²) < 4.78 is 1.46. The summed E-state index contributed by atoms with van der Waals surface area (Å²) >= 11 is 0.759. The number of aliphatic hydroxyl groups is 1. The molecule has 140 heavy (non-hydrogen) atoms. The number of thioether (sulfide) groups is 1. The predicted molar refractivity (Wildman–Crippen MR) is 513 cm³/mol. The number of carboxylic acids is 2. The Labute approximate surface area is 814 Å². The summed E-state index contributed by atoms with van der Waals surface area (Å²) in [6.45, 7) is 3.10. The van der Waals surface area contributed by atoms with Crippen molar-refractivity contribution in [3.05, 3.63) is 120 Å². The minimum Gasteiger partial charge on any atom is -0.508 e. The molecular formula is C93H129BN22O23S. The first kappa shape index (κ1) is 111. The number of carbonyl (C=O) groups excluding carboxylic acids is 17. The Bertz CT molecular complexity index is 5330. The number of aromatic amines is 2. The van der Waals surface area contributed by atoms with Crippen LogP contribution in [0.3, 0.4) is 0 Å². The van der Waals surface area contributed by atoms with E-state index in [1.165, 1.54) is 80.5 Å². The second-order valence-electron chi connectivity index (χ2n) is 34.8. The number of aliphatic hydroxyl groups excluding tert-OH is 1. The van der Waals surface area contributed by atoms with Crippen LogP contribution in [0.2, 0.25) is 0 Å². The smallest absolute Gasteiger partial charge is 0.323 e. The van der Waals surface area contributed by atoms with Gasteiger partial charge in [0.15, 0.2) is 7.98 Å². The third-order valence-electron chi connectivity index (χ3n) is 24.7. The Morgan fingerprint density at radius 2 is 1.17 bits per heavy atom. The van der Waals surface area contributed by atoms with Crippen molar-refractivity contribution in [3.8, 4) is 5.75 Å². The van der Waals surface area contributed by atoms with Crippen molar-refractivity contribution in [2.24, 2.45) is 11.5 Å². The molecule has 21 N–H and O–H groups in total. The first-order valence-electron chi connectivity index (χ1n) is 46.6. The van der Waals surface area contributed by atoms with Crippen LogP contribution < -0.4 is 69.9 Å². The molecule has 0 aliphatic carbocycles. The summed E-state index contributed by atoms with van der Waals surface area (Å²) in [5.41, 5.74) is 14.3. The number of aromatic nitrogens is 4. The van der Waals surface area contributed by atoms with Gasteiger partial charge in [-0.15, -0.1) is 11.8 Å². The van der Waals surface area contributed by atoms with E-state index in [0.29, 0.717) is 79.0 Å². The number of primary amides is 2. The number of fused-ring (bicyclic) bond motifs is 2. The molecule has 14 atom stereocenters. The summed E-state index contributed by atoms with van der Waals surface area (Å²) in [5, 5.41) is 70.9. The zero-order valence-electron chi connectivity index (χ0n) is 79.5. The first-order valence-corrected chi connectivity index (χ1v) is 47.7. The van der Waals surface area contributed by atoms with Crippen molar-refractivity contribution in [2.45, 2.75) is 240 Å². The van der Waals surface area contributed by atoms with Crippen LogP contribution in [0.25, 0.3) is 21.8 Å². The number of likely N-dealkylation sites (N-methyl/N-ethyl adjacent to an activating group) is 4. The lowest BCUT2D eigenvalue weighted by molar-refractivity contribution is -0.149. The van der Waals surface area contributed by atoms with Crippen molar-refractivity contribution in [2.75, 3.05) is 72.5 Å². The molecule has 2 radical (unpaired) electrons. The number of likely N-dealkylation sites (tertiary alicyclic amines) is 2. The van der Waals surface area contributed by atoms with Crippen molar-refractivity contribution < 1.29 is 112 Å². The van der Waals surface area contributed by atoms with Crippen molar-refractivity contribution in [3.63, 3.8) is 0 Å². The second-order valence-corrected chi connectivity index (χ2v) is 35.9. The number of phenols is 1. The highest BCUT2D eigenvalue weighted by molar-refractivity contribution is 8.00. The van der Waals surface area contributed by atoms with Crippen LogP contribution in [0.4, 0.5) is 0 Å². The molecule has 758 valence electrons. The van der Waals surface area contributed by atoms with E-state index in [1.54, 1.807) is 37.5 Å². The van der Waals surface area contributed by atoms with Crippen LogP contribution in [0.15, 0.2) is 97.7 Å². The van der Waals surface area contributed by atoms with E-state index in [2.05, 4.69) is 73.3 Å². The number of hydrogen-bond donors (Lipinski definition) is 19. The predicted octanol–water partition coefficient (Wildman–Crippen LogP) is -2.65. The number of carbonyl (C=O) groups is 19. The molecule has 2 saturated heterocycles. The molecule has 8 rings (SSSR count). The number of hydrogen-bond acceptors (Lipinski definition) is 25. The van der Waals surface area contributed by atoms with E-state index in [4.69, 9.17) is 19.4 Å². The molecule has 0 spiro atoms. The van der Waals surface area contributed by atoms with Gasteiger partial charge in [-0.05, 0) is 132 Å². The number of rotatable bonds is 59. The van der Waals surface area contributed by atoms with Crippen LogP contribution in [0.5, 0.6) is 5.75 Å². The van der Waals surface area contributed by atoms with Gasteiger partial charge in [-0.2, -0.15) is 0 Å². The number of phenolic OH excluding ortho intramolecular Hbond substituents is 1. The molecular weight excluding hydrogens is 1840 g/mol. The molecule has 5 heterocycles. The average molecular weight is 1970 g/mol. The number of nitrogens with two attached hydrogens (primary N) is 2. The molecule has 6 aromatic rings. The molecule has 2 fully saturated rings. The number of nitrogens with one attached hydrogen (secondary N) is 13. The molecule has 2 aliphatic rings. The number of H-pyrrole nitrogens is 2. The first-order chi connectivity index (χ1) is 66.8.